The Hall–Kier alpha value is -3.13. The zero-order valence-electron chi connectivity index (χ0n) is 13.4. The predicted molar refractivity (Wildman–Crippen MR) is 100 cm³/mol. The molecule has 0 saturated carbocycles. The minimum absolute atomic E-state index is 0.302. The summed E-state index contributed by atoms with van der Waals surface area (Å²) in [5.41, 5.74) is 3.55. The number of benzene rings is 3. The predicted octanol–water partition coefficient (Wildman–Crippen LogP) is 5.65. The first-order valence-corrected chi connectivity index (χ1v) is 7.80. The average Bonchev–Trinajstić information content (AvgIpc) is 2.60. The number of carboxylic acids is 1. The van der Waals surface area contributed by atoms with Crippen molar-refractivity contribution in [1.82, 2.24) is 0 Å². The lowest BCUT2D eigenvalue weighted by molar-refractivity contribution is 0.0697. The minimum Gasteiger partial charge on any atom is -0.478 e. The number of fused-ring (bicyclic) bond motifs is 1. The molecule has 0 amide bonds. The number of hydrogen-bond donors (Lipinski definition) is 1. The first-order chi connectivity index (χ1) is 11.6. The summed E-state index contributed by atoms with van der Waals surface area (Å²) in [6, 6.07) is 21.6. The van der Waals surface area contributed by atoms with E-state index in [4.69, 9.17) is 5.11 Å². The topological polar surface area (TPSA) is 37.3 Å². The summed E-state index contributed by atoms with van der Waals surface area (Å²) in [6.45, 7) is 2.03. The first-order valence-electron chi connectivity index (χ1n) is 7.80. The summed E-state index contributed by atoms with van der Waals surface area (Å²) >= 11 is 0. The van der Waals surface area contributed by atoms with Gasteiger partial charge in [0.15, 0.2) is 0 Å². The Labute approximate surface area is 141 Å². The van der Waals surface area contributed by atoms with Crippen LogP contribution in [0.4, 0.5) is 0 Å². The molecular formula is C22H18O2. The van der Waals surface area contributed by atoms with Crippen LogP contribution in [0.5, 0.6) is 0 Å². The van der Waals surface area contributed by atoms with Crippen molar-refractivity contribution in [3.05, 3.63) is 95.1 Å². The van der Waals surface area contributed by atoms with Crippen molar-refractivity contribution in [2.45, 2.75) is 6.92 Å². The van der Waals surface area contributed by atoms with E-state index in [2.05, 4.69) is 42.5 Å². The molecule has 0 heterocycles. The molecule has 3 aromatic carbocycles. The van der Waals surface area contributed by atoms with Crippen LogP contribution < -0.4 is 0 Å². The normalized spacial score (nSPS) is 12.0. The van der Waals surface area contributed by atoms with Gasteiger partial charge in [0.05, 0.1) is 5.56 Å². The van der Waals surface area contributed by atoms with Crippen LogP contribution in [0.25, 0.3) is 22.9 Å². The SMILES string of the molecule is CC(/C=C/c1ccc2ccccc2c1)=C\c1ccc(C(=O)O)cc1. The molecule has 0 aliphatic rings. The summed E-state index contributed by atoms with van der Waals surface area (Å²) in [4.78, 5) is 10.9. The third kappa shape index (κ3) is 3.79. The van der Waals surface area contributed by atoms with Crippen molar-refractivity contribution < 1.29 is 9.90 Å². The van der Waals surface area contributed by atoms with Crippen molar-refractivity contribution >= 4 is 28.9 Å². The fourth-order valence-corrected chi connectivity index (χ4v) is 2.57. The second-order valence-corrected chi connectivity index (χ2v) is 5.76. The Bertz CT molecular complexity index is 932. The van der Waals surface area contributed by atoms with E-state index < -0.39 is 5.97 Å². The highest BCUT2D eigenvalue weighted by atomic mass is 16.4. The van der Waals surface area contributed by atoms with Gasteiger partial charge in [-0.2, -0.15) is 0 Å². The molecule has 0 radical (unpaired) electrons. The maximum absolute atomic E-state index is 10.9. The summed E-state index contributed by atoms with van der Waals surface area (Å²) < 4.78 is 0. The lowest BCUT2D eigenvalue weighted by Gasteiger charge is -2.00. The van der Waals surface area contributed by atoms with E-state index in [0.29, 0.717) is 5.56 Å². The molecule has 0 unspecified atom stereocenters. The second-order valence-electron chi connectivity index (χ2n) is 5.76. The zero-order chi connectivity index (χ0) is 16.9. The van der Waals surface area contributed by atoms with Gasteiger partial charge in [-0.3, -0.25) is 0 Å². The molecule has 0 saturated heterocycles. The highest BCUT2D eigenvalue weighted by molar-refractivity contribution is 5.88. The Balaban J connectivity index is 1.77. The molecule has 0 atom stereocenters. The highest BCUT2D eigenvalue weighted by Crippen LogP contribution is 2.17. The molecule has 0 aliphatic heterocycles. The Morgan fingerprint density at radius 1 is 0.875 bits per heavy atom. The number of aromatic carboxylic acids is 1. The molecule has 0 fully saturated rings. The highest BCUT2D eigenvalue weighted by Gasteiger charge is 2.00. The molecule has 3 aromatic rings. The molecule has 0 aromatic heterocycles. The molecule has 1 N–H and O–H groups in total. The van der Waals surface area contributed by atoms with E-state index in [1.54, 1.807) is 12.1 Å². The minimum atomic E-state index is -0.904. The molecular weight excluding hydrogens is 296 g/mol. The van der Waals surface area contributed by atoms with E-state index >= 15 is 0 Å². The molecule has 0 bridgehead atoms. The maximum Gasteiger partial charge on any atom is 0.335 e. The standard InChI is InChI=1S/C22H18O2/c1-16(14-17-9-12-20(13-10-17)22(23)24)6-7-18-8-11-19-4-2-3-5-21(19)15-18/h2-15H,1H3,(H,23,24)/b7-6+,16-14+. The van der Waals surface area contributed by atoms with Crippen molar-refractivity contribution in [3.63, 3.8) is 0 Å². The fourth-order valence-electron chi connectivity index (χ4n) is 2.57. The van der Waals surface area contributed by atoms with Gasteiger partial charge in [-0.15, -0.1) is 0 Å². The van der Waals surface area contributed by atoms with Gasteiger partial charge in [-0.25, -0.2) is 4.79 Å². The van der Waals surface area contributed by atoms with E-state index in [0.717, 1.165) is 16.7 Å². The number of allylic oxidation sites excluding steroid dienone is 2. The molecule has 118 valence electrons. The Morgan fingerprint density at radius 2 is 1.54 bits per heavy atom. The molecule has 2 nitrogen and oxygen atoms in total. The second kappa shape index (κ2) is 6.97. The lowest BCUT2D eigenvalue weighted by Crippen LogP contribution is -1.94. The number of rotatable bonds is 4. The van der Waals surface area contributed by atoms with Crippen molar-refractivity contribution in [1.29, 1.82) is 0 Å². The average molecular weight is 314 g/mol. The fraction of sp³-hybridized carbons (Fsp3) is 0.0455. The molecule has 0 aliphatic carbocycles. The van der Waals surface area contributed by atoms with Crippen molar-refractivity contribution in [3.8, 4) is 0 Å². The van der Waals surface area contributed by atoms with Crippen LogP contribution in [-0.4, -0.2) is 11.1 Å². The van der Waals surface area contributed by atoms with Crippen LogP contribution in [0, 0.1) is 0 Å². The summed E-state index contributed by atoms with van der Waals surface area (Å²) in [6.07, 6.45) is 6.18. The van der Waals surface area contributed by atoms with Gasteiger partial charge in [0.2, 0.25) is 0 Å². The van der Waals surface area contributed by atoms with E-state index in [1.165, 1.54) is 10.8 Å². The third-order valence-electron chi connectivity index (χ3n) is 3.86. The van der Waals surface area contributed by atoms with Crippen molar-refractivity contribution in [2.24, 2.45) is 0 Å². The van der Waals surface area contributed by atoms with Gasteiger partial charge in [-0.05, 0) is 47.0 Å². The van der Waals surface area contributed by atoms with Gasteiger partial charge in [0.1, 0.15) is 0 Å². The first kappa shape index (κ1) is 15.8. The number of carbonyl (C=O) groups is 1. The van der Waals surface area contributed by atoms with Gasteiger partial charge in [0.25, 0.3) is 0 Å². The summed E-state index contributed by atoms with van der Waals surface area (Å²) in [7, 11) is 0. The van der Waals surface area contributed by atoms with E-state index in [1.807, 2.05) is 37.3 Å². The summed E-state index contributed by atoms with van der Waals surface area (Å²) in [5.74, 6) is -0.904. The zero-order valence-corrected chi connectivity index (χ0v) is 13.4. The van der Waals surface area contributed by atoms with Gasteiger partial charge in [-0.1, -0.05) is 72.3 Å². The van der Waals surface area contributed by atoms with Gasteiger partial charge in [0, 0.05) is 0 Å². The van der Waals surface area contributed by atoms with Crippen molar-refractivity contribution in [2.75, 3.05) is 0 Å². The monoisotopic (exact) mass is 314 g/mol. The molecule has 2 heteroatoms. The maximum atomic E-state index is 10.9. The number of hydrogen-bond acceptors (Lipinski definition) is 1. The van der Waals surface area contributed by atoms with E-state index in [9.17, 15) is 4.79 Å². The number of carboxylic acid groups (broad SMARTS) is 1. The summed E-state index contributed by atoms with van der Waals surface area (Å²) in [5, 5.41) is 11.4. The van der Waals surface area contributed by atoms with Gasteiger partial charge < -0.3 is 5.11 Å². The smallest absolute Gasteiger partial charge is 0.335 e. The van der Waals surface area contributed by atoms with Crippen LogP contribution in [0.1, 0.15) is 28.4 Å². The molecule has 3 rings (SSSR count). The van der Waals surface area contributed by atoms with E-state index in [-0.39, 0.29) is 0 Å². The third-order valence-corrected chi connectivity index (χ3v) is 3.86. The largest absolute Gasteiger partial charge is 0.478 e. The Kier molecular flexibility index (Phi) is 4.57. The van der Waals surface area contributed by atoms with Crippen LogP contribution in [-0.2, 0) is 0 Å². The quantitative estimate of drug-likeness (QED) is 0.631. The van der Waals surface area contributed by atoms with Crippen LogP contribution in [0.15, 0.2) is 78.4 Å². The molecule has 0 spiro atoms. The molecule has 24 heavy (non-hydrogen) atoms. The Morgan fingerprint density at radius 3 is 2.25 bits per heavy atom. The van der Waals surface area contributed by atoms with Crippen LogP contribution in [0.3, 0.4) is 0 Å². The van der Waals surface area contributed by atoms with Crippen LogP contribution in [0.2, 0.25) is 0 Å². The van der Waals surface area contributed by atoms with Gasteiger partial charge >= 0.3 is 5.97 Å². The lowest BCUT2D eigenvalue weighted by atomic mass is 10.1. The van der Waals surface area contributed by atoms with Crippen LogP contribution >= 0.6 is 0 Å².